The molecule has 0 spiro atoms. The van der Waals surface area contributed by atoms with Gasteiger partial charge in [-0.15, -0.1) is 0 Å². The maximum Gasteiger partial charge on any atom is 0.160 e. The molecular formula is C14H22O2. The first-order valence-corrected chi connectivity index (χ1v) is 6.13. The van der Waals surface area contributed by atoms with E-state index in [0.717, 1.165) is 6.42 Å². The minimum atomic E-state index is 0.220. The van der Waals surface area contributed by atoms with Gasteiger partial charge in [0.05, 0.1) is 7.11 Å². The van der Waals surface area contributed by atoms with Crippen molar-refractivity contribution in [3.05, 3.63) is 23.8 Å². The SMILES string of the molecule is CCCCCCCc1ccc(O)c(OC)c1. The fourth-order valence-corrected chi connectivity index (χ4v) is 1.81. The van der Waals surface area contributed by atoms with E-state index in [1.165, 1.54) is 37.7 Å². The summed E-state index contributed by atoms with van der Waals surface area (Å²) in [5, 5.41) is 9.45. The molecule has 0 saturated heterocycles. The molecule has 1 aromatic carbocycles. The van der Waals surface area contributed by atoms with Gasteiger partial charge in [0.25, 0.3) is 0 Å². The van der Waals surface area contributed by atoms with Gasteiger partial charge in [-0.25, -0.2) is 0 Å². The third kappa shape index (κ3) is 4.13. The molecule has 0 unspecified atom stereocenters. The third-order valence-electron chi connectivity index (χ3n) is 2.81. The molecule has 0 aromatic heterocycles. The van der Waals surface area contributed by atoms with Gasteiger partial charge in [0.1, 0.15) is 0 Å². The molecule has 1 aromatic rings. The van der Waals surface area contributed by atoms with Crippen LogP contribution in [-0.4, -0.2) is 12.2 Å². The van der Waals surface area contributed by atoms with Crippen molar-refractivity contribution in [2.45, 2.75) is 45.4 Å². The van der Waals surface area contributed by atoms with Crippen LogP contribution in [0.25, 0.3) is 0 Å². The van der Waals surface area contributed by atoms with Crippen LogP contribution in [0.3, 0.4) is 0 Å². The second-order valence-corrected chi connectivity index (χ2v) is 4.17. The normalized spacial score (nSPS) is 10.4. The van der Waals surface area contributed by atoms with Gasteiger partial charge in [-0.1, -0.05) is 38.7 Å². The van der Waals surface area contributed by atoms with Crippen LogP contribution in [0.1, 0.15) is 44.6 Å². The summed E-state index contributed by atoms with van der Waals surface area (Å²) in [4.78, 5) is 0. The van der Waals surface area contributed by atoms with Gasteiger partial charge < -0.3 is 9.84 Å². The van der Waals surface area contributed by atoms with E-state index in [1.807, 2.05) is 12.1 Å². The van der Waals surface area contributed by atoms with Crippen molar-refractivity contribution in [1.29, 1.82) is 0 Å². The van der Waals surface area contributed by atoms with Gasteiger partial charge >= 0.3 is 0 Å². The first-order chi connectivity index (χ1) is 7.77. The van der Waals surface area contributed by atoms with Crippen molar-refractivity contribution in [2.75, 3.05) is 7.11 Å². The zero-order chi connectivity index (χ0) is 11.8. The fourth-order valence-electron chi connectivity index (χ4n) is 1.81. The summed E-state index contributed by atoms with van der Waals surface area (Å²) < 4.78 is 5.08. The van der Waals surface area contributed by atoms with Crippen molar-refractivity contribution in [2.24, 2.45) is 0 Å². The lowest BCUT2D eigenvalue weighted by Gasteiger charge is -2.06. The number of hydrogen-bond donors (Lipinski definition) is 1. The van der Waals surface area contributed by atoms with Crippen molar-refractivity contribution in [3.8, 4) is 11.5 Å². The number of rotatable bonds is 7. The molecule has 2 nitrogen and oxygen atoms in total. The number of aromatic hydroxyl groups is 1. The number of ether oxygens (including phenoxy) is 1. The van der Waals surface area contributed by atoms with Crippen molar-refractivity contribution in [1.82, 2.24) is 0 Å². The van der Waals surface area contributed by atoms with E-state index in [4.69, 9.17) is 4.74 Å². The summed E-state index contributed by atoms with van der Waals surface area (Å²) in [6, 6.07) is 5.60. The van der Waals surface area contributed by atoms with Crippen LogP contribution < -0.4 is 4.74 Å². The number of aryl methyl sites for hydroxylation is 1. The predicted molar refractivity (Wildman–Crippen MR) is 67.1 cm³/mol. The van der Waals surface area contributed by atoms with Gasteiger partial charge in [0, 0.05) is 0 Å². The lowest BCUT2D eigenvalue weighted by atomic mass is 10.1. The Hall–Kier alpha value is -1.18. The van der Waals surface area contributed by atoms with Crippen LogP contribution in [0, 0.1) is 0 Å². The lowest BCUT2D eigenvalue weighted by Crippen LogP contribution is -1.89. The molecule has 0 aliphatic rings. The van der Waals surface area contributed by atoms with E-state index in [2.05, 4.69) is 6.92 Å². The average molecular weight is 222 g/mol. The predicted octanol–water partition coefficient (Wildman–Crippen LogP) is 3.91. The molecule has 0 atom stereocenters. The third-order valence-corrected chi connectivity index (χ3v) is 2.81. The molecule has 0 saturated carbocycles. The molecule has 1 N–H and O–H groups in total. The monoisotopic (exact) mass is 222 g/mol. The largest absolute Gasteiger partial charge is 0.504 e. The van der Waals surface area contributed by atoms with E-state index in [9.17, 15) is 5.11 Å². The number of methoxy groups -OCH3 is 1. The van der Waals surface area contributed by atoms with Gasteiger partial charge in [0.2, 0.25) is 0 Å². The Kier molecular flexibility index (Phi) is 5.76. The van der Waals surface area contributed by atoms with E-state index < -0.39 is 0 Å². The van der Waals surface area contributed by atoms with Crippen molar-refractivity contribution in [3.63, 3.8) is 0 Å². The minimum Gasteiger partial charge on any atom is -0.504 e. The number of phenolic OH excluding ortho intramolecular Hbond substituents is 1. The second kappa shape index (κ2) is 7.15. The Labute approximate surface area is 98.3 Å². The van der Waals surface area contributed by atoms with Gasteiger partial charge in [-0.2, -0.15) is 0 Å². The lowest BCUT2D eigenvalue weighted by molar-refractivity contribution is 0.373. The van der Waals surface area contributed by atoms with Crippen LogP contribution in [0.5, 0.6) is 11.5 Å². The topological polar surface area (TPSA) is 29.5 Å². The molecule has 0 aliphatic heterocycles. The Morgan fingerprint density at radius 3 is 2.56 bits per heavy atom. The first-order valence-electron chi connectivity index (χ1n) is 6.13. The zero-order valence-corrected chi connectivity index (χ0v) is 10.3. The molecule has 0 aliphatic carbocycles. The highest BCUT2D eigenvalue weighted by Crippen LogP contribution is 2.26. The Morgan fingerprint density at radius 2 is 1.88 bits per heavy atom. The van der Waals surface area contributed by atoms with E-state index in [1.54, 1.807) is 13.2 Å². The number of phenols is 1. The maximum atomic E-state index is 9.45. The highest BCUT2D eigenvalue weighted by molar-refractivity contribution is 5.41. The van der Waals surface area contributed by atoms with E-state index >= 15 is 0 Å². The Balaban J connectivity index is 2.36. The van der Waals surface area contributed by atoms with Crippen molar-refractivity contribution >= 4 is 0 Å². The van der Waals surface area contributed by atoms with Crippen molar-refractivity contribution < 1.29 is 9.84 Å². The van der Waals surface area contributed by atoms with Crippen LogP contribution >= 0.6 is 0 Å². The molecule has 90 valence electrons. The second-order valence-electron chi connectivity index (χ2n) is 4.17. The van der Waals surface area contributed by atoms with E-state index in [0.29, 0.717) is 5.75 Å². The smallest absolute Gasteiger partial charge is 0.160 e. The molecule has 0 fully saturated rings. The fraction of sp³-hybridized carbons (Fsp3) is 0.571. The molecule has 0 heterocycles. The molecule has 2 heteroatoms. The first kappa shape index (κ1) is 12.9. The highest BCUT2D eigenvalue weighted by atomic mass is 16.5. The summed E-state index contributed by atoms with van der Waals surface area (Å²) in [6.07, 6.45) is 7.52. The number of hydrogen-bond acceptors (Lipinski definition) is 2. The van der Waals surface area contributed by atoms with E-state index in [-0.39, 0.29) is 5.75 Å². The highest BCUT2D eigenvalue weighted by Gasteiger charge is 2.02. The Bertz CT molecular complexity index is 308. The zero-order valence-electron chi connectivity index (χ0n) is 10.3. The minimum absolute atomic E-state index is 0.220. The molecule has 16 heavy (non-hydrogen) atoms. The Morgan fingerprint density at radius 1 is 1.12 bits per heavy atom. The molecule has 0 radical (unpaired) electrons. The van der Waals surface area contributed by atoms with Crippen LogP contribution in [0.2, 0.25) is 0 Å². The average Bonchev–Trinajstić information content (AvgIpc) is 2.31. The van der Waals surface area contributed by atoms with Gasteiger partial charge in [-0.05, 0) is 30.5 Å². The summed E-state index contributed by atoms with van der Waals surface area (Å²) in [5.41, 5.74) is 1.24. The number of benzene rings is 1. The summed E-state index contributed by atoms with van der Waals surface area (Å²) in [7, 11) is 1.58. The quantitative estimate of drug-likeness (QED) is 0.709. The van der Waals surface area contributed by atoms with Crippen LogP contribution in [-0.2, 0) is 6.42 Å². The van der Waals surface area contributed by atoms with Gasteiger partial charge in [-0.3, -0.25) is 0 Å². The molecule has 1 rings (SSSR count). The summed E-state index contributed by atoms with van der Waals surface area (Å²) in [5.74, 6) is 0.795. The van der Waals surface area contributed by atoms with Crippen LogP contribution in [0.4, 0.5) is 0 Å². The van der Waals surface area contributed by atoms with Gasteiger partial charge in [0.15, 0.2) is 11.5 Å². The summed E-state index contributed by atoms with van der Waals surface area (Å²) >= 11 is 0. The molecular weight excluding hydrogens is 200 g/mol. The van der Waals surface area contributed by atoms with Crippen LogP contribution in [0.15, 0.2) is 18.2 Å². The molecule has 0 bridgehead atoms. The summed E-state index contributed by atoms with van der Waals surface area (Å²) in [6.45, 7) is 2.23. The molecule has 0 amide bonds. The maximum absolute atomic E-state index is 9.45. The number of unbranched alkanes of at least 4 members (excludes halogenated alkanes) is 4. The standard InChI is InChI=1S/C14H22O2/c1-3-4-5-6-7-8-12-9-10-13(15)14(11-12)16-2/h9-11,15H,3-8H2,1-2H3.